The molecule has 1 aliphatic heterocycles. The van der Waals surface area contributed by atoms with Gasteiger partial charge in [0.15, 0.2) is 0 Å². The average Bonchev–Trinajstić information content (AvgIpc) is 3.02. The first kappa shape index (κ1) is 19.4. The second kappa shape index (κ2) is 7.97. The summed E-state index contributed by atoms with van der Waals surface area (Å²) in [5.41, 5.74) is 6.64. The molecule has 1 heterocycles. The van der Waals surface area contributed by atoms with Gasteiger partial charge in [-0.2, -0.15) is 0 Å². The minimum atomic E-state index is -1.32. The van der Waals surface area contributed by atoms with Gasteiger partial charge in [-0.1, -0.05) is 30.3 Å². The number of carbonyl (C=O) groups is 2. The Morgan fingerprint density at radius 1 is 1.32 bits per heavy atom. The predicted octanol–water partition coefficient (Wildman–Crippen LogP) is 0.823. The molecular weight excluding hydrogens is 318 g/mol. The van der Waals surface area contributed by atoms with Crippen LogP contribution >= 0.6 is 0 Å². The van der Waals surface area contributed by atoms with Crippen LogP contribution in [-0.2, 0) is 16.0 Å². The second-order valence-electron chi connectivity index (χ2n) is 7.73. The maximum Gasteiger partial charge on any atom is 0.253 e. The number of benzene rings is 1. The molecule has 1 aromatic rings. The number of hydrogen-bond acceptors (Lipinski definition) is 4. The number of rotatable bonds is 5. The summed E-state index contributed by atoms with van der Waals surface area (Å²) in [6.07, 6.45) is 0.437. The van der Waals surface area contributed by atoms with E-state index in [9.17, 15) is 14.7 Å². The molecule has 0 aliphatic carbocycles. The van der Waals surface area contributed by atoms with Gasteiger partial charge in [-0.25, -0.2) is 0 Å². The van der Waals surface area contributed by atoms with E-state index in [1.54, 1.807) is 0 Å². The Kier molecular flexibility index (Phi) is 6.19. The molecule has 2 rings (SSSR count). The standard InChI is InChI=1S/C19H29N3O3/c1-19(2,3)21-17(24)15-10-7-11-22(15)18(25)16(23)14(20)12-13-8-5-4-6-9-13/h4-6,8-9,14-16,23H,7,10-12,20H2,1-3H3,(H,21,24)/t14-,15-,16?/m0/s1. The lowest BCUT2D eigenvalue weighted by Gasteiger charge is -2.30. The van der Waals surface area contributed by atoms with Gasteiger partial charge < -0.3 is 21.1 Å². The molecule has 1 aromatic carbocycles. The highest BCUT2D eigenvalue weighted by Gasteiger charge is 2.39. The predicted molar refractivity (Wildman–Crippen MR) is 96.8 cm³/mol. The Bertz CT molecular complexity index is 598. The van der Waals surface area contributed by atoms with Crippen LogP contribution in [0.1, 0.15) is 39.2 Å². The summed E-state index contributed by atoms with van der Waals surface area (Å²) in [5.74, 6) is -0.642. The first-order chi connectivity index (χ1) is 11.7. The van der Waals surface area contributed by atoms with E-state index in [1.807, 2.05) is 51.1 Å². The quantitative estimate of drug-likeness (QED) is 0.735. The maximum absolute atomic E-state index is 12.7. The van der Waals surface area contributed by atoms with Gasteiger partial charge in [-0.05, 0) is 45.6 Å². The third-order valence-electron chi connectivity index (χ3n) is 4.31. The third kappa shape index (κ3) is 5.28. The van der Waals surface area contributed by atoms with Crippen molar-refractivity contribution in [1.82, 2.24) is 10.2 Å². The molecule has 0 saturated carbocycles. The van der Waals surface area contributed by atoms with Gasteiger partial charge in [-0.3, -0.25) is 9.59 Å². The number of amides is 2. The first-order valence-electron chi connectivity index (χ1n) is 8.79. The number of hydrogen-bond donors (Lipinski definition) is 3. The molecular formula is C19H29N3O3. The topological polar surface area (TPSA) is 95.7 Å². The van der Waals surface area contributed by atoms with Crippen molar-refractivity contribution in [3.05, 3.63) is 35.9 Å². The van der Waals surface area contributed by atoms with Crippen LogP contribution in [0.5, 0.6) is 0 Å². The molecule has 2 amide bonds. The summed E-state index contributed by atoms with van der Waals surface area (Å²) >= 11 is 0. The van der Waals surface area contributed by atoms with E-state index in [2.05, 4.69) is 5.32 Å². The molecule has 0 aromatic heterocycles. The summed E-state index contributed by atoms with van der Waals surface area (Å²) in [6, 6.07) is 8.26. The zero-order valence-electron chi connectivity index (χ0n) is 15.2. The van der Waals surface area contributed by atoms with Crippen molar-refractivity contribution in [2.45, 2.75) is 63.8 Å². The summed E-state index contributed by atoms with van der Waals surface area (Å²) in [6.45, 7) is 6.17. The fourth-order valence-electron chi connectivity index (χ4n) is 3.11. The van der Waals surface area contributed by atoms with Crippen LogP contribution in [0.3, 0.4) is 0 Å². The maximum atomic E-state index is 12.7. The number of likely N-dealkylation sites (tertiary alicyclic amines) is 1. The monoisotopic (exact) mass is 347 g/mol. The number of nitrogens with zero attached hydrogens (tertiary/aromatic N) is 1. The third-order valence-corrected chi connectivity index (χ3v) is 4.31. The number of nitrogens with one attached hydrogen (secondary N) is 1. The van der Waals surface area contributed by atoms with E-state index >= 15 is 0 Å². The molecule has 1 fully saturated rings. The molecule has 6 nitrogen and oxygen atoms in total. The van der Waals surface area contributed by atoms with Crippen molar-refractivity contribution in [1.29, 1.82) is 0 Å². The van der Waals surface area contributed by atoms with Crippen molar-refractivity contribution >= 4 is 11.8 Å². The lowest BCUT2D eigenvalue weighted by atomic mass is 10.0. The second-order valence-corrected chi connectivity index (χ2v) is 7.73. The van der Waals surface area contributed by atoms with E-state index in [1.165, 1.54) is 4.90 Å². The van der Waals surface area contributed by atoms with Crippen molar-refractivity contribution in [3.63, 3.8) is 0 Å². The van der Waals surface area contributed by atoms with Gasteiger partial charge in [0.05, 0.1) is 0 Å². The molecule has 6 heteroatoms. The lowest BCUT2D eigenvalue weighted by molar-refractivity contribution is -0.146. The van der Waals surface area contributed by atoms with Crippen LogP contribution < -0.4 is 11.1 Å². The van der Waals surface area contributed by atoms with Gasteiger partial charge >= 0.3 is 0 Å². The van der Waals surface area contributed by atoms with E-state index < -0.39 is 24.1 Å². The normalized spacial score (nSPS) is 20.2. The average molecular weight is 347 g/mol. The van der Waals surface area contributed by atoms with Gasteiger partial charge in [0.1, 0.15) is 12.1 Å². The van der Waals surface area contributed by atoms with Crippen molar-refractivity contribution in [3.8, 4) is 0 Å². The van der Waals surface area contributed by atoms with Crippen LogP contribution in [-0.4, -0.2) is 52.1 Å². The molecule has 0 bridgehead atoms. The minimum Gasteiger partial charge on any atom is -0.382 e. The number of nitrogens with two attached hydrogens (primary N) is 1. The summed E-state index contributed by atoms with van der Waals surface area (Å²) in [4.78, 5) is 26.6. The number of aliphatic hydroxyl groups is 1. The SMILES string of the molecule is CC(C)(C)NC(=O)[C@@H]1CCCN1C(=O)C(O)[C@@H](N)Cc1ccccc1. The highest BCUT2D eigenvalue weighted by molar-refractivity contribution is 5.90. The molecule has 3 atom stereocenters. The summed E-state index contributed by atoms with van der Waals surface area (Å²) < 4.78 is 0. The molecule has 0 spiro atoms. The fraction of sp³-hybridized carbons (Fsp3) is 0.579. The Morgan fingerprint density at radius 3 is 2.56 bits per heavy atom. The Balaban J connectivity index is 2.01. The molecule has 25 heavy (non-hydrogen) atoms. The molecule has 1 aliphatic rings. The van der Waals surface area contributed by atoms with Gasteiger partial charge in [0, 0.05) is 18.1 Å². The van der Waals surface area contributed by atoms with Crippen LogP contribution in [0.4, 0.5) is 0 Å². The van der Waals surface area contributed by atoms with Gasteiger partial charge in [0.25, 0.3) is 5.91 Å². The number of aliphatic hydroxyl groups excluding tert-OH is 1. The highest BCUT2D eigenvalue weighted by atomic mass is 16.3. The van der Waals surface area contributed by atoms with Crippen LogP contribution in [0.15, 0.2) is 30.3 Å². The highest BCUT2D eigenvalue weighted by Crippen LogP contribution is 2.20. The van der Waals surface area contributed by atoms with E-state index in [0.29, 0.717) is 19.4 Å². The number of carbonyl (C=O) groups excluding carboxylic acids is 2. The Labute approximate surface area is 149 Å². The van der Waals surface area contributed by atoms with E-state index in [-0.39, 0.29) is 11.4 Å². The zero-order chi connectivity index (χ0) is 18.6. The summed E-state index contributed by atoms with van der Waals surface area (Å²) in [7, 11) is 0. The van der Waals surface area contributed by atoms with E-state index in [0.717, 1.165) is 12.0 Å². The minimum absolute atomic E-state index is 0.179. The smallest absolute Gasteiger partial charge is 0.253 e. The van der Waals surface area contributed by atoms with Crippen molar-refractivity contribution < 1.29 is 14.7 Å². The largest absolute Gasteiger partial charge is 0.382 e. The molecule has 0 radical (unpaired) electrons. The molecule has 1 saturated heterocycles. The van der Waals surface area contributed by atoms with Crippen molar-refractivity contribution in [2.24, 2.45) is 5.73 Å². The lowest BCUT2D eigenvalue weighted by Crippen LogP contribution is -2.55. The van der Waals surface area contributed by atoms with Crippen molar-refractivity contribution in [2.75, 3.05) is 6.54 Å². The van der Waals surface area contributed by atoms with Crippen LogP contribution in [0.25, 0.3) is 0 Å². The Morgan fingerprint density at radius 2 is 1.96 bits per heavy atom. The van der Waals surface area contributed by atoms with Crippen LogP contribution in [0, 0.1) is 0 Å². The zero-order valence-corrected chi connectivity index (χ0v) is 15.2. The molecule has 4 N–H and O–H groups in total. The molecule has 138 valence electrons. The van der Waals surface area contributed by atoms with E-state index in [4.69, 9.17) is 5.73 Å². The summed E-state index contributed by atoms with van der Waals surface area (Å²) in [5, 5.41) is 13.3. The first-order valence-corrected chi connectivity index (χ1v) is 8.79. The van der Waals surface area contributed by atoms with Gasteiger partial charge in [0.2, 0.25) is 5.91 Å². The Hall–Kier alpha value is -1.92. The van der Waals surface area contributed by atoms with Gasteiger partial charge in [-0.15, -0.1) is 0 Å². The fourth-order valence-corrected chi connectivity index (χ4v) is 3.11. The van der Waals surface area contributed by atoms with Crippen LogP contribution in [0.2, 0.25) is 0 Å². The molecule has 1 unspecified atom stereocenters.